The molecule has 0 aliphatic heterocycles. The van der Waals surface area contributed by atoms with E-state index in [4.69, 9.17) is 0 Å². The van der Waals surface area contributed by atoms with Gasteiger partial charge in [-0.3, -0.25) is 0 Å². The van der Waals surface area contributed by atoms with Crippen molar-refractivity contribution < 1.29 is 0 Å². The van der Waals surface area contributed by atoms with E-state index in [1.807, 2.05) is 0 Å². The van der Waals surface area contributed by atoms with Gasteiger partial charge in [0.15, 0.2) is 0 Å². The Hall–Kier alpha value is -0.680. The van der Waals surface area contributed by atoms with Crippen molar-refractivity contribution in [3.8, 4) is 0 Å². The number of hydrogen-bond acceptors (Lipinski definition) is 4. The van der Waals surface area contributed by atoms with Crippen LogP contribution in [0.4, 0.5) is 5.82 Å². The molecule has 0 bridgehead atoms. The zero-order valence-corrected chi connectivity index (χ0v) is 10.8. The van der Waals surface area contributed by atoms with E-state index in [1.165, 1.54) is 6.42 Å². The molecule has 0 atom stereocenters. The van der Waals surface area contributed by atoms with Gasteiger partial charge >= 0.3 is 0 Å². The average Bonchev–Trinajstić information content (AvgIpc) is 2.20. The number of unbranched alkanes of at least 4 members (excludes halogenated alkanes) is 1. The average molecular weight is 273 g/mol. The van der Waals surface area contributed by atoms with Crippen molar-refractivity contribution in [2.24, 2.45) is 0 Å². The number of hydrogen-bond donors (Lipinski definition) is 1. The molecule has 1 N–H and O–H groups in total. The smallest absolute Gasteiger partial charge is 0.143 e. The monoisotopic (exact) mass is 272 g/mol. The van der Waals surface area contributed by atoms with Crippen LogP contribution in [0.15, 0.2) is 17.0 Å². The highest BCUT2D eigenvalue weighted by Gasteiger charge is 1.98. The van der Waals surface area contributed by atoms with Gasteiger partial charge < -0.3 is 10.2 Å². The van der Waals surface area contributed by atoms with Gasteiger partial charge in [0.1, 0.15) is 12.1 Å². The Kier molecular flexibility index (Phi) is 5.57. The van der Waals surface area contributed by atoms with E-state index in [9.17, 15) is 0 Å². The lowest BCUT2D eigenvalue weighted by molar-refractivity contribution is 0.396. The van der Waals surface area contributed by atoms with Crippen LogP contribution in [0, 0.1) is 0 Å². The van der Waals surface area contributed by atoms with E-state index < -0.39 is 0 Å². The molecule has 15 heavy (non-hydrogen) atoms. The summed E-state index contributed by atoms with van der Waals surface area (Å²) in [6.07, 6.45) is 5.64. The first-order chi connectivity index (χ1) is 7.20. The summed E-state index contributed by atoms with van der Waals surface area (Å²) in [6, 6.07) is 0. The molecule has 0 spiro atoms. The minimum Gasteiger partial charge on any atom is -0.369 e. The molecule has 1 heterocycles. The second kappa shape index (κ2) is 6.74. The lowest BCUT2D eigenvalue weighted by Gasteiger charge is -2.10. The molecule has 1 rings (SSSR count). The first-order valence-electron chi connectivity index (χ1n) is 5.04. The molecular formula is C10H17BrN4. The van der Waals surface area contributed by atoms with Crippen LogP contribution < -0.4 is 5.32 Å². The van der Waals surface area contributed by atoms with Crippen LogP contribution >= 0.6 is 15.9 Å². The van der Waals surface area contributed by atoms with Gasteiger partial charge in [0.05, 0.1) is 4.47 Å². The van der Waals surface area contributed by atoms with E-state index in [1.54, 1.807) is 12.5 Å². The highest BCUT2D eigenvalue weighted by Crippen LogP contribution is 2.16. The van der Waals surface area contributed by atoms with Crippen LogP contribution in [0.1, 0.15) is 12.8 Å². The van der Waals surface area contributed by atoms with E-state index in [2.05, 4.69) is 50.2 Å². The first-order valence-corrected chi connectivity index (χ1v) is 5.83. The van der Waals surface area contributed by atoms with Gasteiger partial charge in [-0.2, -0.15) is 0 Å². The van der Waals surface area contributed by atoms with E-state index in [0.717, 1.165) is 29.8 Å². The fraction of sp³-hybridized carbons (Fsp3) is 0.600. The summed E-state index contributed by atoms with van der Waals surface area (Å²) >= 11 is 3.39. The summed E-state index contributed by atoms with van der Waals surface area (Å²) in [4.78, 5) is 10.2. The van der Waals surface area contributed by atoms with Crippen LogP contribution in [0.2, 0.25) is 0 Å². The molecule has 0 radical (unpaired) electrons. The van der Waals surface area contributed by atoms with Crippen molar-refractivity contribution in [1.82, 2.24) is 14.9 Å². The second-order valence-corrected chi connectivity index (χ2v) is 4.51. The van der Waals surface area contributed by atoms with Crippen molar-refractivity contribution in [2.45, 2.75) is 12.8 Å². The SMILES string of the molecule is CN(C)CCCCNc1ncncc1Br. The maximum atomic E-state index is 4.13. The molecule has 0 unspecified atom stereocenters. The van der Waals surface area contributed by atoms with Gasteiger partial charge in [-0.25, -0.2) is 9.97 Å². The highest BCUT2D eigenvalue weighted by molar-refractivity contribution is 9.10. The Morgan fingerprint density at radius 2 is 2.20 bits per heavy atom. The van der Waals surface area contributed by atoms with Crippen molar-refractivity contribution in [2.75, 3.05) is 32.5 Å². The van der Waals surface area contributed by atoms with Crippen LogP contribution in [0.5, 0.6) is 0 Å². The number of nitrogens with zero attached hydrogens (tertiary/aromatic N) is 3. The Morgan fingerprint density at radius 1 is 1.40 bits per heavy atom. The maximum absolute atomic E-state index is 4.13. The molecule has 0 fully saturated rings. The van der Waals surface area contributed by atoms with Gasteiger partial charge in [0.25, 0.3) is 0 Å². The van der Waals surface area contributed by atoms with Crippen molar-refractivity contribution in [3.05, 3.63) is 17.0 Å². The summed E-state index contributed by atoms with van der Waals surface area (Å²) in [7, 11) is 4.18. The van der Waals surface area contributed by atoms with Crippen LogP contribution in [-0.2, 0) is 0 Å². The molecule has 0 aliphatic carbocycles. The topological polar surface area (TPSA) is 41.0 Å². The molecule has 0 aromatic carbocycles. The molecule has 0 amide bonds. The summed E-state index contributed by atoms with van der Waals surface area (Å²) in [5.41, 5.74) is 0. The summed E-state index contributed by atoms with van der Waals surface area (Å²) in [5.74, 6) is 0.870. The lowest BCUT2D eigenvalue weighted by Crippen LogP contribution is -2.14. The highest BCUT2D eigenvalue weighted by atomic mass is 79.9. The molecule has 0 aliphatic rings. The van der Waals surface area contributed by atoms with Gasteiger partial charge in [0.2, 0.25) is 0 Å². The third kappa shape index (κ3) is 5.09. The Morgan fingerprint density at radius 3 is 2.87 bits per heavy atom. The maximum Gasteiger partial charge on any atom is 0.143 e. The van der Waals surface area contributed by atoms with Crippen LogP contribution in [0.25, 0.3) is 0 Å². The minimum atomic E-state index is 0.870. The Bertz CT molecular complexity index is 291. The Labute approximate surface area is 99.2 Å². The largest absolute Gasteiger partial charge is 0.369 e. The third-order valence-electron chi connectivity index (χ3n) is 1.99. The molecule has 0 saturated carbocycles. The molecule has 5 heteroatoms. The zero-order valence-electron chi connectivity index (χ0n) is 9.20. The van der Waals surface area contributed by atoms with Gasteiger partial charge in [-0.1, -0.05) is 0 Å². The predicted octanol–water partition coefficient (Wildman–Crippen LogP) is 1.99. The van der Waals surface area contributed by atoms with E-state index >= 15 is 0 Å². The number of anilines is 1. The van der Waals surface area contributed by atoms with Gasteiger partial charge in [-0.05, 0) is 49.4 Å². The number of nitrogens with one attached hydrogen (secondary N) is 1. The van der Waals surface area contributed by atoms with Crippen LogP contribution in [-0.4, -0.2) is 42.1 Å². The molecule has 0 saturated heterocycles. The molecule has 1 aromatic heterocycles. The summed E-state index contributed by atoms with van der Waals surface area (Å²) in [5, 5.41) is 3.27. The normalized spacial score (nSPS) is 10.7. The second-order valence-electron chi connectivity index (χ2n) is 3.66. The van der Waals surface area contributed by atoms with E-state index in [-0.39, 0.29) is 0 Å². The fourth-order valence-corrected chi connectivity index (χ4v) is 1.56. The number of rotatable bonds is 6. The van der Waals surface area contributed by atoms with Gasteiger partial charge in [-0.15, -0.1) is 0 Å². The summed E-state index contributed by atoms with van der Waals surface area (Å²) < 4.78 is 0.914. The molecular weight excluding hydrogens is 256 g/mol. The first kappa shape index (κ1) is 12.4. The summed E-state index contributed by atoms with van der Waals surface area (Å²) in [6.45, 7) is 2.08. The quantitative estimate of drug-likeness (QED) is 0.805. The van der Waals surface area contributed by atoms with Crippen molar-refractivity contribution in [3.63, 3.8) is 0 Å². The fourth-order valence-electron chi connectivity index (χ4n) is 1.20. The van der Waals surface area contributed by atoms with Crippen LogP contribution in [0.3, 0.4) is 0 Å². The molecule has 84 valence electrons. The molecule has 1 aromatic rings. The molecule has 4 nitrogen and oxygen atoms in total. The number of aromatic nitrogens is 2. The van der Waals surface area contributed by atoms with Crippen molar-refractivity contribution >= 4 is 21.7 Å². The standard InChI is InChI=1S/C10H17BrN4/c1-15(2)6-4-3-5-13-10-9(11)7-12-8-14-10/h7-8H,3-6H2,1-2H3,(H,12,13,14). The van der Waals surface area contributed by atoms with E-state index in [0.29, 0.717) is 0 Å². The third-order valence-corrected chi connectivity index (χ3v) is 2.57. The lowest BCUT2D eigenvalue weighted by atomic mass is 10.3. The zero-order chi connectivity index (χ0) is 11.1. The van der Waals surface area contributed by atoms with Gasteiger partial charge in [0, 0.05) is 12.7 Å². The number of halogens is 1. The minimum absolute atomic E-state index is 0.870. The predicted molar refractivity (Wildman–Crippen MR) is 66.0 cm³/mol. The Balaban J connectivity index is 2.18. The van der Waals surface area contributed by atoms with Crippen molar-refractivity contribution in [1.29, 1.82) is 0 Å².